The van der Waals surface area contributed by atoms with Crippen LogP contribution in [0.2, 0.25) is 5.02 Å². The predicted molar refractivity (Wildman–Crippen MR) is 96.8 cm³/mol. The number of benzene rings is 2. The molecule has 0 aliphatic rings. The van der Waals surface area contributed by atoms with Gasteiger partial charge in [-0.05, 0) is 36.8 Å². The summed E-state index contributed by atoms with van der Waals surface area (Å²) < 4.78 is 0.914. The van der Waals surface area contributed by atoms with Gasteiger partial charge in [0.05, 0.1) is 5.69 Å². The highest BCUT2D eigenvalue weighted by Crippen LogP contribution is 2.20. The van der Waals surface area contributed by atoms with Gasteiger partial charge >= 0.3 is 5.69 Å². The van der Waals surface area contributed by atoms with Crippen molar-refractivity contribution in [3.63, 3.8) is 0 Å². The van der Waals surface area contributed by atoms with Crippen molar-refractivity contribution < 1.29 is 4.79 Å². The number of H-pyrrole nitrogens is 1. The van der Waals surface area contributed by atoms with Gasteiger partial charge in [0.2, 0.25) is 0 Å². The molecule has 0 aliphatic heterocycles. The number of carbonyl (C=O) groups excluding carboxylic acids is 1. The fraction of sp³-hybridized carbons (Fsp3) is 0.0556. The van der Waals surface area contributed by atoms with Crippen LogP contribution in [0.3, 0.4) is 0 Å². The SMILES string of the molecule is Cc1ccc(NC(=O)c2c[nH]c(=O)n(-c3ccccc3)c2=O)cc1Cl. The summed E-state index contributed by atoms with van der Waals surface area (Å²) in [6, 6.07) is 13.4. The van der Waals surface area contributed by atoms with E-state index < -0.39 is 17.2 Å². The van der Waals surface area contributed by atoms with Gasteiger partial charge in [0.1, 0.15) is 5.56 Å². The molecule has 1 amide bonds. The first-order valence-corrected chi connectivity index (χ1v) is 7.83. The molecule has 3 aromatic rings. The summed E-state index contributed by atoms with van der Waals surface area (Å²) in [6.45, 7) is 1.84. The molecule has 6 nitrogen and oxygen atoms in total. The zero-order chi connectivity index (χ0) is 18.0. The van der Waals surface area contributed by atoms with E-state index in [1.807, 2.05) is 6.92 Å². The van der Waals surface area contributed by atoms with Crippen LogP contribution in [-0.4, -0.2) is 15.5 Å². The van der Waals surface area contributed by atoms with Crippen LogP contribution in [-0.2, 0) is 0 Å². The van der Waals surface area contributed by atoms with Crippen molar-refractivity contribution in [1.82, 2.24) is 9.55 Å². The number of nitrogens with zero attached hydrogens (tertiary/aromatic N) is 1. The molecule has 1 aromatic heterocycles. The second kappa shape index (κ2) is 6.78. The average molecular weight is 356 g/mol. The molecule has 0 atom stereocenters. The molecule has 126 valence electrons. The van der Waals surface area contributed by atoms with Gasteiger partial charge in [0, 0.05) is 16.9 Å². The normalized spacial score (nSPS) is 10.5. The van der Waals surface area contributed by atoms with Crippen LogP contribution < -0.4 is 16.6 Å². The lowest BCUT2D eigenvalue weighted by Gasteiger charge is -2.09. The minimum Gasteiger partial charge on any atom is -0.322 e. The number of carbonyl (C=O) groups is 1. The maximum Gasteiger partial charge on any atom is 0.333 e. The summed E-state index contributed by atoms with van der Waals surface area (Å²) in [5.41, 5.74) is 0.200. The number of halogens is 1. The van der Waals surface area contributed by atoms with E-state index in [-0.39, 0.29) is 5.56 Å². The molecular formula is C18H14ClN3O3. The van der Waals surface area contributed by atoms with E-state index in [0.29, 0.717) is 16.4 Å². The molecule has 0 saturated heterocycles. The molecule has 1 heterocycles. The van der Waals surface area contributed by atoms with Gasteiger partial charge in [0.15, 0.2) is 0 Å². The van der Waals surface area contributed by atoms with E-state index in [1.165, 1.54) is 0 Å². The van der Waals surface area contributed by atoms with E-state index in [9.17, 15) is 14.4 Å². The number of para-hydroxylation sites is 1. The number of aryl methyl sites for hydroxylation is 1. The Balaban J connectivity index is 2.00. The Morgan fingerprint density at radius 1 is 1.12 bits per heavy atom. The second-order valence-corrected chi connectivity index (χ2v) is 5.81. The van der Waals surface area contributed by atoms with Gasteiger partial charge in [-0.25, -0.2) is 9.36 Å². The molecule has 2 N–H and O–H groups in total. The maximum atomic E-state index is 12.6. The Morgan fingerprint density at radius 3 is 2.52 bits per heavy atom. The number of anilines is 1. The van der Waals surface area contributed by atoms with Crippen molar-refractivity contribution in [3.05, 3.63) is 91.7 Å². The number of hydrogen-bond acceptors (Lipinski definition) is 3. The van der Waals surface area contributed by atoms with Gasteiger partial charge in [0.25, 0.3) is 11.5 Å². The second-order valence-electron chi connectivity index (χ2n) is 5.40. The Bertz CT molecular complexity index is 1060. The third-order valence-electron chi connectivity index (χ3n) is 3.67. The van der Waals surface area contributed by atoms with E-state index in [2.05, 4.69) is 10.3 Å². The average Bonchev–Trinajstić information content (AvgIpc) is 2.59. The zero-order valence-corrected chi connectivity index (χ0v) is 14.0. The van der Waals surface area contributed by atoms with Crippen molar-refractivity contribution >= 4 is 23.2 Å². The van der Waals surface area contributed by atoms with Crippen molar-refractivity contribution in [2.24, 2.45) is 0 Å². The van der Waals surface area contributed by atoms with Crippen molar-refractivity contribution in [2.75, 3.05) is 5.32 Å². The Kier molecular flexibility index (Phi) is 4.54. The predicted octanol–water partition coefficient (Wildman–Crippen LogP) is 2.74. The monoisotopic (exact) mass is 355 g/mol. The van der Waals surface area contributed by atoms with Crippen LogP contribution in [0.15, 0.2) is 64.3 Å². The highest BCUT2D eigenvalue weighted by Gasteiger charge is 2.16. The van der Waals surface area contributed by atoms with Gasteiger partial charge in [-0.3, -0.25) is 9.59 Å². The number of aromatic nitrogens is 2. The number of rotatable bonds is 3. The van der Waals surface area contributed by atoms with E-state index in [0.717, 1.165) is 16.3 Å². The van der Waals surface area contributed by atoms with E-state index in [1.54, 1.807) is 48.5 Å². The molecule has 25 heavy (non-hydrogen) atoms. The standard InChI is InChI=1S/C18H14ClN3O3/c1-11-7-8-12(9-15(11)19)21-16(23)14-10-20-18(25)22(17(14)24)13-5-3-2-4-6-13/h2-10H,1H3,(H,20,25)(H,21,23). The first kappa shape index (κ1) is 16.7. The lowest BCUT2D eigenvalue weighted by molar-refractivity contribution is 0.102. The molecule has 0 aliphatic carbocycles. The molecule has 3 rings (SSSR count). The van der Waals surface area contributed by atoms with Crippen LogP contribution in [0.4, 0.5) is 5.69 Å². The summed E-state index contributed by atoms with van der Waals surface area (Å²) in [4.78, 5) is 39.5. The fourth-order valence-corrected chi connectivity index (χ4v) is 2.50. The van der Waals surface area contributed by atoms with Crippen molar-refractivity contribution in [2.45, 2.75) is 6.92 Å². The van der Waals surface area contributed by atoms with Gasteiger partial charge < -0.3 is 10.3 Å². The first-order chi connectivity index (χ1) is 12.0. The third-order valence-corrected chi connectivity index (χ3v) is 4.07. The highest BCUT2D eigenvalue weighted by molar-refractivity contribution is 6.31. The van der Waals surface area contributed by atoms with Crippen LogP contribution in [0.25, 0.3) is 5.69 Å². The smallest absolute Gasteiger partial charge is 0.322 e. The van der Waals surface area contributed by atoms with Gasteiger partial charge in [-0.1, -0.05) is 35.9 Å². The summed E-state index contributed by atoms with van der Waals surface area (Å²) >= 11 is 6.04. The van der Waals surface area contributed by atoms with Crippen molar-refractivity contribution in [3.8, 4) is 5.69 Å². The molecule has 0 bridgehead atoms. The third kappa shape index (κ3) is 3.39. The van der Waals surface area contributed by atoms with Gasteiger partial charge in [-0.2, -0.15) is 0 Å². The molecule has 0 fully saturated rings. The van der Waals surface area contributed by atoms with Crippen LogP contribution in [0.1, 0.15) is 15.9 Å². The highest BCUT2D eigenvalue weighted by atomic mass is 35.5. The largest absolute Gasteiger partial charge is 0.333 e. The molecule has 7 heteroatoms. The summed E-state index contributed by atoms with van der Waals surface area (Å²) in [7, 11) is 0. The number of nitrogens with one attached hydrogen (secondary N) is 2. The minimum atomic E-state index is -0.703. The molecule has 0 saturated carbocycles. The molecule has 0 spiro atoms. The number of aromatic amines is 1. The lowest BCUT2D eigenvalue weighted by atomic mass is 10.2. The first-order valence-electron chi connectivity index (χ1n) is 7.45. The Labute approximate surface area is 147 Å². The number of hydrogen-bond donors (Lipinski definition) is 2. The Morgan fingerprint density at radius 2 is 1.84 bits per heavy atom. The summed E-state index contributed by atoms with van der Waals surface area (Å²) in [6.07, 6.45) is 1.11. The zero-order valence-electron chi connectivity index (χ0n) is 13.2. The van der Waals surface area contributed by atoms with E-state index in [4.69, 9.17) is 11.6 Å². The molecule has 0 unspecified atom stereocenters. The minimum absolute atomic E-state index is 0.180. The van der Waals surface area contributed by atoms with E-state index >= 15 is 0 Å². The summed E-state index contributed by atoms with van der Waals surface area (Å²) in [5.74, 6) is -0.633. The van der Waals surface area contributed by atoms with Crippen molar-refractivity contribution in [1.29, 1.82) is 0 Å². The Hall–Kier alpha value is -3.12. The lowest BCUT2D eigenvalue weighted by Crippen LogP contribution is -2.38. The molecular weight excluding hydrogens is 342 g/mol. The maximum absolute atomic E-state index is 12.6. The molecule has 2 aromatic carbocycles. The quantitative estimate of drug-likeness (QED) is 0.757. The van der Waals surface area contributed by atoms with Crippen LogP contribution >= 0.6 is 11.6 Å². The topological polar surface area (TPSA) is 84.0 Å². The summed E-state index contributed by atoms with van der Waals surface area (Å²) in [5, 5.41) is 3.11. The van der Waals surface area contributed by atoms with Gasteiger partial charge in [-0.15, -0.1) is 0 Å². The van der Waals surface area contributed by atoms with Crippen LogP contribution in [0, 0.1) is 6.92 Å². The number of amides is 1. The van der Waals surface area contributed by atoms with Crippen LogP contribution in [0.5, 0.6) is 0 Å². The molecule has 0 radical (unpaired) electrons. The fourth-order valence-electron chi connectivity index (χ4n) is 2.32.